The van der Waals surface area contributed by atoms with Crippen molar-refractivity contribution in [2.45, 2.75) is 36.6 Å². The number of thioether (sulfide) groups is 1. The number of fused-ring (bicyclic) bond motifs is 1. The fourth-order valence-electron chi connectivity index (χ4n) is 3.12. The molecule has 2 fully saturated rings. The molecule has 2 heterocycles. The topological polar surface area (TPSA) is 45.2 Å². The van der Waals surface area contributed by atoms with Crippen LogP contribution in [-0.2, 0) is 4.79 Å². The van der Waals surface area contributed by atoms with Crippen molar-refractivity contribution < 1.29 is 4.79 Å². The van der Waals surface area contributed by atoms with E-state index < -0.39 is 0 Å². The zero-order valence-corrected chi connectivity index (χ0v) is 14.9. The number of rotatable bonds is 4. The van der Waals surface area contributed by atoms with E-state index in [4.69, 9.17) is 4.98 Å². The van der Waals surface area contributed by atoms with Gasteiger partial charge in [-0.05, 0) is 44.1 Å². The number of piperidine rings is 1. The van der Waals surface area contributed by atoms with E-state index in [0.29, 0.717) is 6.04 Å². The maximum atomic E-state index is 12.3. The van der Waals surface area contributed by atoms with Crippen molar-refractivity contribution in [1.82, 2.24) is 10.3 Å². The Kier molecular flexibility index (Phi) is 4.20. The molecule has 6 heteroatoms. The van der Waals surface area contributed by atoms with Gasteiger partial charge in [0, 0.05) is 24.0 Å². The fourth-order valence-corrected chi connectivity index (χ4v) is 4.78. The summed E-state index contributed by atoms with van der Waals surface area (Å²) in [7, 11) is 0. The second kappa shape index (κ2) is 6.32. The molecule has 1 saturated heterocycles. The first kappa shape index (κ1) is 15.3. The van der Waals surface area contributed by atoms with Gasteiger partial charge in [-0.2, -0.15) is 0 Å². The van der Waals surface area contributed by atoms with Gasteiger partial charge in [-0.25, -0.2) is 4.98 Å². The molecule has 1 atom stereocenters. The number of benzene rings is 1. The third kappa shape index (κ3) is 3.19. The maximum absolute atomic E-state index is 12.3. The van der Waals surface area contributed by atoms with Gasteiger partial charge in [-0.1, -0.05) is 17.4 Å². The van der Waals surface area contributed by atoms with Gasteiger partial charge in [0.05, 0.1) is 16.1 Å². The molecule has 23 heavy (non-hydrogen) atoms. The minimum absolute atomic E-state index is 0.108. The van der Waals surface area contributed by atoms with Crippen LogP contribution in [0.2, 0.25) is 0 Å². The number of hydrogen-bond acceptors (Lipinski definition) is 5. The molecule has 4 rings (SSSR count). The molecular weight excluding hydrogens is 326 g/mol. The highest BCUT2D eigenvalue weighted by Gasteiger charge is 2.31. The van der Waals surface area contributed by atoms with E-state index in [-0.39, 0.29) is 11.8 Å². The Balaban J connectivity index is 1.53. The Hall–Kier alpha value is -1.27. The molecular formula is C17H21N3OS2. The van der Waals surface area contributed by atoms with Crippen molar-refractivity contribution in [3.8, 4) is 0 Å². The molecule has 1 N–H and O–H groups in total. The highest BCUT2D eigenvalue weighted by atomic mass is 32.2. The molecule has 2 aromatic rings. The Labute approximate surface area is 144 Å². The van der Waals surface area contributed by atoms with Crippen LogP contribution in [0.1, 0.15) is 25.7 Å². The molecule has 0 radical (unpaired) electrons. The van der Waals surface area contributed by atoms with Gasteiger partial charge in [0.1, 0.15) is 0 Å². The van der Waals surface area contributed by atoms with E-state index >= 15 is 0 Å². The maximum Gasteiger partial charge on any atom is 0.225 e. The predicted molar refractivity (Wildman–Crippen MR) is 97.5 cm³/mol. The number of carbonyl (C=O) groups excluding carboxylic acids is 1. The van der Waals surface area contributed by atoms with Crippen LogP contribution in [-0.4, -0.2) is 36.3 Å². The van der Waals surface area contributed by atoms with Crippen molar-refractivity contribution in [2.75, 3.05) is 24.2 Å². The van der Waals surface area contributed by atoms with Crippen LogP contribution < -0.4 is 10.2 Å². The summed E-state index contributed by atoms with van der Waals surface area (Å²) in [5.41, 5.74) is 1.10. The van der Waals surface area contributed by atoms with Crippen molar-refractivity contribution in [3.05, 3.63) is 18.2 Å². The molecule has 1 aromatic heterocycles. The van der Waals surface area contributed by atoms with E-state index in [9.17, 15) is 4.79 Å². The number of carbonyl (C=O) groups is 1. The Morgan fingerprint density at radius 2 is 2.26 bits per heavy atom. The largest absolute Gasteiger partial charge is 0.353 e. The summed E-state index contributed by atoms with van der Waals surface area (Å²) in [4.78, 5) is 20.7. The van der Waals surface area contributed by atoms with Gasteiger partial charge in [-0.15, -0.1) is 11.8 Å². The lowest BCUT2D eigenvalue weighted by atomic mass is 9.97. The summed E-state index contributed by atoms with van der Waals surface area (Å²) in [6.07, 6.45) is 6.45. The first-order valence-corrected chi connectivity index (χ1v) is 10.3. The normalized spacial score (nSPS) is 21.6. The average Bonchev–Trinajstić information content (AvgIpc) is 3.28. The van der Waals surface area contributed by atoms with Crippen LogP contribution in [0.3, 0.4) is 0 Å². The number of nitrogens with zero attached hydrogens (tertiary/aromatic N) is 2. The molecule has 1 aliphatic heterocycles. The van der Waals surface area contributed by atoms with Crippen LogP contribution in [0.25, 0.3) is 10.2 Å². The van der Waals surface area contributed by atoms with E-state index in [1.807, 2.05) is 0 Å². The third-order valence-corrected chi connectivity index (χ3v) is 6.43. The van der Waals surface area contributed by atoms with Crippen molar-refractivity contribution in [3.63, 3.8) is 0 Å². The van der Waals surface area contributed by atoms with Crippen molar-refractivity contribution >= 4 is 44.4 Å². The van der Waals surface area contributed by atoms with Gasteiger partial charge >= 0.3 is 0 Å². The fraction of sp³-hybridized carbons (Fsp3) is 0.529. The van der Waals surface area contributed by atoms with E-state index in [2.05, 4.69) is 34.7 Å². The number of thiazole rings is 1. The molecule has 0 bridgehead atoms. The smallest absolute Gasteiger partial charge is 0.225 e. The number of para-hydroxylation sites is 1. The first-order chi connectivity index (χ1) is 11.2. The van der Waals surface area contributed by atoms with E-state index in [1.165, 1.54) is 9.60 Å². The van der Waals surface area contributed by atoms with Gasteiger partial charge in [0.25, 0.3) is 0 Å². The summed E-state index contributed by atoms with van der Waals surface area (Å²) >= 11 is 3.48. The molecule has 1 saturated carbocycles. The summed E-state index contributed by atoms with van der Waals surface area (Å²) in [6, 6.07) is 6.80. The van der Waals surface area contributed by atoms with Crippen molar-refractivity contribution in [2.24, 2.45) is 5.92 Å². The minimum Gasteiger partial charge on any atom is -0.353 e. The van der Waals surface area contributed by atoms with Gasteiger partial charge in [0.15, 0.2) is 5.13 Å². The Morgan fingerprint density at radius 3 is 3.04 bits per heavy atom. The predicted octanol–water partition coefficient (Wildman–Crippen LogP) is 3.51. The molecule has 1 unspecified atom stereocenters. The zero-order chi connectivity index (χ0) is 15.8. The summed E-state index contributed by atoms with van der Waals surface area (Å²) in [6.45, 7) is 1.80. The molecule has 122 valence electrons. The molecule has 0 spiro atoms. The molecule has 1 amide bonds. The number of amides is 1. The van der Waals surface area contributed by atoms with Gasteiger partial charge < -0.3 is 10.2 Å². The van der Waals surface area contributed by atoms with Crippen LogP contribution in [0, 0.1) is 5.92 Å². The first-order valence-electron chi connectivity index (χ1n) is 8.23. The average molecular weight is 348 g/mol. The summed E-state index contributed by atoms with van der Waals surface area (Å²) in [5, 5.41) is 4.22. The number of aromatic nitrogens is 1. The number of hydrogen-bond donors (Lipinski definition) is 1. The quantitative estimate of drug-likeness (QED) is 0.860. The lowest BCUT2D eigenvalue weighted by Crippen LogP contribution is -2.43. The number of anilines is 1. The SMILES string of the molecule is CSc1cccc2sc(N3CCCC(C(=O)NC4CC4)C3)nc12. The highest BCUT2D eigenvalue weighted by Crippen LogP contribution is 2.35. The van der Waals surface area contributed by atoms with E-state index in [1.54, 1.807) is 23.1 Å². The highest BCUT2D eigenvalue weighted by molar-refractivity contribution is 7.98. The van der Waals surface area contributed by atoms with Crippen LogP contribution >= 0.6 is 23.1 Å². The molecule has 2 aliphatic rings. The molecule has 1 aromatic carbocycles. The zero-order valence-electron chi connectivity index (χ0n) is 13.2. The summed E-state index contributed by atoms with van der Waals surface area (Å²) in [5.74, 6) is 0.347. The second-order valence-corrected chi connectivity index (χ2v) is 8.23. The molecule has 1 aliphatic carbocycles. The van der Waals surface area contributed by atoms with Gasteiger partial charge in [0.2, 0.25) is 5.91 Å². The standard InChI is InChI=1S/C17H21N3OS2/c1-22-13-5-2-6-14-15(13)19-17(23-14)20-9-3-4-11(10-20)16(21)18-12-7-8-12/h2,5-6,11-12H,3-4,7-10H2,1H3,(H,18,21). The Morgan fingerprint density at radius 1 is 1.39 bits per heavy atom. The monoisotopic (exact) mass is 347 g/mol. The van der Waals surface area contributed by atoms with E-state index in [0.717, 1.165) is 49.4 Å². The summed E-state index contributed by atoms with van der Waals surface area (Å²) < 4.78 is 1.23. The minimum atomic E-state index is 0.108. The van der Waals surface area contributed by atoms with Crippen LogP contribution in [0.15, 0.2) is 23.1 Å². The third-order valence-electron chi connectivity index (χ3n) is 4.58. The lowest BCUT2D eigenvalue weighted by Gasteiger charge is -2.31. The lowest BCUT2D eigenvalue weighted by molar-refractivity contribution is -0.125. The van der Waals surface area contributed by atoms with Gasteiger partial charge in [-0.3, -0.25) is 4.79 Å². The Bertz CT molecular complexity index is 726. The second-order valence-electron chi connectivity index (χ2n) is 6.37. The van der Waals surface area contributed by atoms with Crippen LogP contribution in [0.5, 0.6) is 0 Å². The van der Waals surface area contributed by atoms with Crippen molar-refractivity contribution in [1.29, 1.82) is 0 Å². The number of nitrogens with one attached hydrogen (secondary N) is 1. The van der Waals surface area contributed by atoms with Crippen LogP contribution in [0.4, 0.5) is 5.13 Å². The molecule has 4 nitrogen and oxygen atoms in total.